The van der Waals surface area contributed by atoms with Gasteiger partial charge >= 0.3 is 0 Å². The first-order valence-corrected chi connectivity index (χ1v) is 5.79. The van der Waals surface area contributed by atoms with Crippen LogP contribution in [0, 0.1) is 0 Å². The highest BCUT2D eigenvalue weighted by molar-refractivity contribution is 5.12. The first-order valence-electron chi connectivity index (χ1n) is 5.79. The van der Waals surface area contributed by atoms with Crippen LogP contribution >= 0.6 is 0 Å². The van der Waals surface area contributed by atoms with Gasteiger partial charge in [0.1, 0.15) is 6.54 Å². The molecule has 1 nitrogen and oxygen atoms in total. The van der Waals surface area contributed by atoms with E-state index in [0.717, 1.165) is 6.54 Å². The summed E-state index contributed by atoms with van der Waals surface area (Å²) in [6.45, 7) is 4.66. The molecule has 0 aliphatic carbocycles. The average molecular weight is 272 g/mol. The molecule has 0 aliphatic heterocycles. The zero-order valence-corrected chi connectivity index (χ0v) is 11.2. The summed E-state index contributed by atoms with van der Waals surface area (Å²) in [4.78, 5) is 0. The fraction of sp³-hybridized carbons (Fsp3) is 0.538. The predicted octanol–water partition coefficient (Wildman–Crippen LogP) is -0.666. The van der Waals surface area contributed by atoms with Crippen molar-refractivity contribution in [2.45, 2.75) is 39.2 Å². The van der Waals surface area contributed by atoms with Crippen molar-refractivity contribution in [3.8, 4) is 0 Å². The van der Waals surface area contributed by atoms with Gasteiger partial charge in [-0.05, 0) is 12.8 Å². The molecule has 0 spiro atoms. The smallest absolute Gasteiger partial charge is 0.101 e. The van der Waals surface area contributed by atoms with Crippen molar-refractivity contribution in [1.29, 1.82) is 0 Å². The van der Waals surface area contributed by atoms with Crippen LogP contribution in [0.5, 0.6) is 0 Å². The first kappa shape index (κ1) is 14.7. The number of benzene rings is 1. The zero-order chi connectivity index (χ0) is 10.1. The molecule has 0 atom stereocenters. The minimum absolute atomic E-state index is 0. The maximum absolute atomic E-state index is 2.41. The number of halogens is 1. The molecule has 15 heavy (non-hydrogen) atoms. The van der Waals surface area contributed by atoms with E-state index in [-0.39, 0.29) is 17.0 Å². The van der Waals surface area contributed by atoms with Crippen LogP contribution in [0.3, 0.4) is 0 Å². The van der Waals surface area contributed by atoms with Gasteiger partial charge in [-0.2, -0.15) is 0 Å². The summed E-state index contributed by atoms with van der Waals surface area (Å²) in [5.74, 6) is 0. The van der Waals surface area contributed by atoms with E-state index < -0.39 is 0 Å². The monoisotopic (exact) mass is 271 g/mol. The number of hydrogen-bond donors (Lipinski definition) is 1. The van der Waals surface area contributed by atoms with Crippen LogP contribution in [0.25, 0.3) is 0 Å². The van der Waals surface area contributed by atoms with Gasteiger partial charge in [-0.15, -0.1) is 0 Å². The van der Waals surface area contributed by atoms with E-state index in [2.05, 4.69) is 42.6 Å². The molecule has 2 heteroatoms. The van der Waals surface area contributed by atoms with E-state index >= 15 is 0 Å². The van der Waals surface area contributed by atoms with Gasteiger partial charge in [0.15, 0.2) is 0 Å². The number of rotatable bonds is 7. The number of quaternary nitrogens is 1. The second-order valence-electron chi connectivity index (χ2n) is 3.83. The predicted molar refractivity (Wildman–Crippen MR) is 61.1 cm³/mol. The Kier molecular flexibility index (Phi) is 9.96. The standard InChI is InChI=1S/C13H21N.BrH/c1-2-3-4-8-11-14-12-13-9-6-5-7-10-13;/h5-7,9-10,14H,2-4,8,11-12H2,1H3;1H. The fourth-order valence-corrected chi connectivity index (χ4v) is 1.60. The van der Waals surface area contributed by atoms with Gasteiger partial charge in [-0.1, -0.05) is 50.1 Å². The quantitative estimate of drug-likeness (QED) is 0.634. The summed E-state index contributed by atoms with van der Waals surface area (Å²) in [5.41, 5.74) is 1.43. The third-order valence-corrected chi connectivity index (χ3v) is 2.48. The molecule has 0 radical (unpaired) electrons. The largest absolute Gasteiger partial charge is 1.00 e. The molecule has 0 aromatic heterocycles. The van der Waals surface area contributed by atoms with Crippen LogP contribution in [0.2, 0.25) is 0 Å². The third kappa shape index (κ3) is 7.57. The minimum Gasteiger partial charge on any atom is -1.00 e. The lowest BCUT2D eigenvalue weighted by molar-refractivity contribution is -0.671. The Morgan fingerprint density at radius 2 is 1.73 bits per heavy atom. The molecule has 86 valence electrons. The summed E-state index contributed by atoms with van der Waals surface area (Å²) in [5, 5.41) is 2.41. The van der Waals surface area contributed by atoms with E-state index in [0.29, 0.717) is 0 Å². The Balaban J connectivity index is 0.00000196. The Labute approximate surface area is 104 Å². The van der Waals surface area contributed by atoms with Gasteiger partial charge in [-0.3, -0.25) is 0 Å². The van der Waals surface area contributed by atoms with Crippen molar-refractivity contribution >= 4 is 0 Å². The highest BCUT2D eigenvalue weighted by Gasteiger charge is 1.93. The molecule has 1 aromatic carbocycles. The Hall–Kier alpha value is -0.340. The van der Waals surface area contributed by atoms with Crippen molar-refractivity contribution in [2.75, 3.05) is 6.54 Å². The Morgan fingerprint density at radius 1 is 1.00 bits per heavy atom. The number of unbranched alkanes of at least 4 members (excludes halogenated alkanes) is 3. The normalized spacial score (nSPS) is 9.67. The van der Waals surface area contributed by atoms with Crippen LogP contribution in [0.4, 0.5) is 0 Å². The molecule has 1 aromatic rings. The minimum atomic E-state index is 0. The van der Waals surface area contributed by atoms with Crippen LogP contribution < -0.4 is 22.3 Å². The lowest BCUT2D eigenvalue weighted by Gasteiger charge is -2.01. The molecule has 0 aliphatic rings. The summed E-state index contributed by atoms with van der Waals surface area (Å²) >= 11 is 0. The van der Waals surface area contributed by atoms with Crippen LogP contribution in [0.15, 0.2) is 30.3 Å². The number of nitrogens with two attached hydrogens (primary N) is 1. The summed E-state index contributed by atoms with van der Waals surface area (Å²) in [7, 11) is 0. The van der Waals surface area contributed by atoms with Crippen molar-refractivity contribution in [2.24, 2.45) is 0 Å². The highest BCUT2D eigenvalue weighted by atomic mass is 79.9. The molecule has 0 amide bonds. The lowest BCUT2D eigenvalue weighted by atomic mass is 10.2. The molecule has 0 bridgehead atoms. The SMILES string of the molecule is CCCCCC[NH2+]Cc1ccccc1.[Br-]. The Bertz CT molecular complexity index is 223. The van der Waals surface area contributed by atoms with Crippen molar-refractivity contribution < 1.29 is 22.3 Å². The van der Waals surface area contributed by atoms with E-state index in [9.17, 15) is 0 Å². The molecule has 1 rings (SSSR count). The van der Waals surface area contributed by atoms with Gasteiger partial charge in [0.2, 0.25) is 0 Å². The van der Waals surface area contributed by atoms with E-state index in [1.165, 1.54) is 37.8 Å². The van der Waals surface area contributed by atoms with Gasteiger partial charge in [0, 0.05) is 5.56 Å². The Morgan fingerprint density at radius 3 is 2.40 bits per heavy atom. The summed E-state index contributed by atoms with van der Waals surface area (Å²) < 4.78 is 0. The third-order valence-electron chi connectivity index (χ3n) is 2.48. The van der Waals surface area contributed by atoms with Gasteiger partial charge in [0.05, 0.1) is 6.54 Å². The molecular weight excluding hydrogens is 250 g/mol. The second kappa shape index (κ2) is 10.2. The molecule has 0 unspecified atom stereocenters. The average Bonchev–Trinajstić information content (AvgIpc) is 2.25. The maximum atomic E-state index is 2.41. The topological polar surface area (TPSA) is 16.6 Å². The maximum Gasteiger partial charge on any atom is 0.101 e. The lowest BCUT2D eigenvalue weighted by Crippen LogP contribution is -3.00. The van der Waals surface area contributed by atoms with Gasteiger partial charge in [-0.25, -0.2) is 0 Å². The van der Waals surface area contributed by atoms with Crippen molar-refractivity contribution in [1.82, 2.24) is 0 Å². The van der Waals surface area contributed by atoms with Crippen molar-refractivity contribution in [3.05, 3.63) is 35.9 Å². The van der Waals surface area contributed by atoms with Gasteiger partial charge in [0.25, 0.3) is 0 Å². The second-order valence-corrected chi connectivity index (χ2v) is 3.83. The first-order chi connectivity index (χ1) is 6.93. The van der Waals surface area contributed by atoms with Crippen LogP contribution in [-0.4, -0.2) is 6.54 Å². The molecule has 0 heterocycles. The number of hydrogen-bond acceptors (Lipinski definition) is 0. The fourth-order valence-electron chi connectivity index (χ4n) is 1.60. The van der Waals surface area contributed by atoms with Gasteiger partial charge < -0.3 is 22.3 Å². The molecule has 0 fully saturated rings. The van der Waals surface area contributed by atoms with Crippen LogP contribution in [-0.2, 0) is 6.54 Å². The zero-order valence-electron chi connectivity index (χ0n) is 9.58. The molecule has 2 N–H and O–H groups in total. The summed E-state index contributed by atoms with van der Waals surface area (Å²) in [6, 6.07) is 10.7. The van der Waals surface area contributed by atoms with E-state index in [1.807, 2.05) is 0 Å². The molecular formula is C13H22BrN. The summed E-state index contributed by atoms with van der Waals surface area (Å²) in [6.07, 6.45) is 5.47. The van der Waals surface area contributed by atoms with Crippen molar-refractivity contribution in [3.63, 3.8) is 0 Å². The highest BCUT2D eigenvalue weighted by Crippen LogP contribution is 1.96. The van der Waals surface area contributed by atoms with E-state index in [1.54, 1.807) is 0 Å². The van der Waals surface area contributed by atoms with E-state index in [4.69, 9.17) is 0 Å². The molecule has 0 saturated heterocycles. The van der Waals surface area contributed by atoms with Crippen LogP contribution in [0.1, 0.15) is 38.2 Å². The molecule has 0 saturated carbocycles.